The third-order valence-corrected chi connectivity index (χ3v) is 6.05. The molecule has 148 valence electrons. The van der Waals surface area contributed by atoms with E-state index in [1.807, 2.05) is 41.8 Å². The second-order valence-electron chi connectivity index (χ2n) is 7.13. The van der Waals surface area contributed by atoms with Gasteiger partial charge < -0.3 is 10.2 Å². The molecule has 1 amide bonds. The fourth-order valence-corrected chi connectivity index (χ4v) is 4.55. The van der Waals surface area contributed by atoms with Gasteiger partial charge in [-0.2, -0.15) is 0 Å². The zero-order chi connectivity index (χ0) is 20.3. The Balaban J connectivity index is 1.33. The minimum atomic E-state index is -0.0761. The summed E-state index contributed by atoms with van der Waals surface area (Å²) in [6.07, 6.45) is 2.98. The van der Waals surface area contributed by atoms with Gasteiger partial charge in [0.05, 0.1) is 29.2 Å². The molecule has 1 aliphatic rings. The van der Waals surface area contributed by atoms with E-state index in [2.05, 4.69) is 50.5 Å². The highest BCUT2D eigenvalue weighted by Gasteiger charge is 2.22. The standard InChI is InChI=1S/C24H20N4OS/c29-23(15-18-16-30-24(26-18)20-9-5-6-13-25-20)27-19-8-2-4-11-22(19)28-14-12-17-7-1-3-10-21(17)28/h1-11,13,16H,12,14-15H2,(H,27,29). The number of rotatable bonds is 5. The second-order valence-corrected chi connectivity index (χ2v) is 7.99. The van der Waals surface area contributed by atoms with Crippen LogP contribution in [0.1, 0.15) is 11.3 Å². The third-order valence-electron chi connectivity index (χ3n) is 5.13. The second kappa shape index (κ2) is 8.08. The van der Waals surface area contributed by atoms with E-state index in [1.54, 1.807) is 6.20 Å². The van der Waals surface area contributed by atoms with Gasteiger partial charge in [-0.05, 0) is 42.3 Å². The fraction of sp³-hybridized carbons (Fsp3) is 0.125. The van der Waals surface area contributed by atoms with Crippen molar-refractivity contribution in [1.82, 2.24) is 9.97 Å². The molecule has 1 N–H and O–H groups in total. The van der Waals surface area contributed by atoms with Crippen molar-refractivity contribution < 1.29 is 4.79 Å². The Kier molecular flexibility index (Phi) is 4.99. The van der Waals surface area contributed by atoms with Gasteiger partial charge in [-0.3, -0.25) is 9.78 Å². The summed E-state index contributed by atoms with van der Waals surface area (Å²) in [6.45, 7) is 0.908. The summed E-state index contributed by atoms with van der Waals surface area (Å²) < 4.78 is 0. The number of hydrogen-bond acceptors (Lipinski definition) is 5. The zero-order valence-electron chi connectivity index (χ0n) is 16.3. The Morgan fingerprint density at radius 1 is 1.00 bits per heavy atom. The molecule has 0 bridgehead atoms. The topological polar surface area (TPSA) is 58.1 Å². The van der Waals surface area contributed by atoms with Crippen LogP contribution in [-0.2, 0) is 17.6 Å². The van der Waals surface area contributed by atoms with E-state index < -0.39 is 0 Å². The summed E-state index contributed by atoms with van der Waals surface area (Å²) in [7, 11) is 0. The van der Waals surface area contributed by atoms with Gasteiger partial charge in [0, 0.05) is 23.8 Å². The Bertz CT molecular complexity index is 1190. The molecule has 4 aromatic rings. The Hall–Kier alpha value is -3.51. The molecule has 0 fully saturated rings. The number of nitrogens with one attached hydrogen (secondary N) is 1. The molecule has 0 unspecified atom stereocenters. The van der Waals surface area contributed by atoms with Crippen LogP contribution in [0.5, 0.6) is 0 Å². The van der Waals surface area contributed by atoms with Gasteiger partial charge in [0.15, 0.2) is 0 Å². The lowest BCUT2D eigenvalue weighted by Gasteiger charge is -2.23. The van der Waals surface area contributed by atoms with Crippen LogP contribution in [0, 0.1) is 0 Å². The van der Waals surface area contributed by atoms with Gasteiger partial charge in [-0.25, -0.2) is 4.98 Å². The number of benzene rings is 2. The van der Waals surface area contributed by atoms with Gasteiger partial charge in [-0.1, -0.05) is 36.4 Å². The number of pyridine rings is 1. The van der Waals surface area contributed by atoms with Crippen LogP contribution in [0.2, 0.25) is 0 Å². The Morgan fingerprint density at radius 2 is 1.80 bits per heavy atom. The van der Waals surface area contributed by atoms with Crippen LogP contribution in [0.15, 0.2) is 78.3 Å². The smallest absolute Gasteiger partial charge is 0.230 e. The summed E-state index contributed by atoms with van der Waals surface area (Å²) in [5.74, 6) is -0.0761. The predicted molar refractivity (Wildman–Crippen MR) is 121 cm³/mol. The number of amides is 1. The molecule has 5 nitrogen and oxygen atoms in total. The average Bonchev–Trinajstić information content (AvgIpc) is 3.42. The number of aromatic nitrogens is 2. The summed E-state index contributed by atoms with van der Waals surface area (Å²) >= 11 is 1.50. The van der Waals surface area contributed by atoms with Crippen molar-refractivity contribution in [3.63, 3.8) is 0 Å². The van der Waals surface area contributed by atoms with Crippen LogP contribution < -0.4 is 10.2 Å². The summed E-state index contributed by atoms with van der Waals surface area (Å²) in [5.41, 5.74) is 5.96. The molecule has 2 aromatic heterocycles. The van der Waals surface area contributed by atoms with E-state index in [0.29, 0.717) is 0 Å². The number of thiazole rings is 1. The molecule has 5 rings (SSSR count). The lowest BCUT2D eigenvalue weighted by atomic mass is 10.1. The summed E-state index contributed by atoms with van der Waals surface area (Å²) in [4.78, 5) is 23.9. The van der Waals surface area contributed by atoms with Crippen LogP contribution in [0.4, 0.5) is 17.1 Å². The molecule has 0 radical (unpaired) electrons. The first-order valence-corrected chi connectivity index (χ1v) is 10.8. The maximum absolute atomic E-state index is 12.8. The Morgan fingerprint density at radius 3 is 2.67 bits per heavy atom. The van der Waals surface area contributed by atoms with Gasteiger partial charge in [0.25, 0.3) is 0 Å². The van der Waals surface area contributed by atoms with Crippen LogP contribution >= 0.6 is 11.3 Å². The third kappa shape index (κ3) is 3.69. The van der Waals surface area contributed by atoms with E-state index >= 15 is 0 Å². The minimum absolute atomic E-state index is 0.0761. The van der Waals surface area contributed by atoms with Crippen molar-refractivity contribution in [2.75, 3.05) is 16.8 Å². The average molecular weight is 413 g/mol. The predicted octanol–water partition coefficient (Wildman–Crippen LogP) is 5.08. The molecule has 2 aromatic carbocycles. The van der Waals surface area contributed by atoms with E-state index in [-0.39, 0.29) is 12.3 Å². The molecule has 0 spiro atoms. The first-order valence-electron chi connectivity index (χ1n) is 9.88. The lowest BCUT2D eigenvalue weighted by molar-refractivity contribution is -0.115. The van der Waals surface area contributed by atoms with E-state index in [9.17, 15) is 4.79 Å². The number of carbonyl (C=O) groups excluding carboxylic acids is 1. The molecule has 1 aliphatic heterocycles. The molecular formula is C24H20N4OS. The largest absolute Gasteiger partial charge is 0.339 e. The molecule has 3 heterocycles. The zero-order valence-corrected chi connectivity index (χ0v) is 17.1. The van der Waals surface area contributed by atoms with Gasteiger partial charge in [0.1, 0.15) is 5.01 Å². The highest BCUT2D eigenvalue weighted by atomic mass is 32.1. The first-order chi connectivity index (χ1) is 14.8. The van der Waals surface area contributed by atoms with Crippen molar-refractivity contribution in [2.45, 2.75) is 12.8 Å². The Labute approximate surface area is 179 Å². The van der Waals surface area contributed by atoms with Crippen LogP contribution in [-0.4, -0.2) is 22.4 Å². The van der Waals surface area contributed by atoms with Crippen LogP contribution in [0.3, 0.4) is 0 Å². The molecule has 0 aliphatic carbocycles. The SMILES string of the molecule is O=C(Cc1csc(-c2ccccn2)n1)Nc1ccccc1N1CCc2ccccc21. The van der Waals surface area contributed by atoms with Crippen molar-refractivity contribution in [1.29, 1.82) is 0 Å². The monoisotopic (exact) mass is 412 g/mol. The maximum Gasteiger partial charge on any atom is 0.230 e. The number of fused-ring (bicyclic) bond motifs is 1. The number of carbonyl (C=O) groups is 1. The fourth-order valence-electron chi connectivity index (χ4n) is 3.76. The minimum Gasteiger partial charge on any atom is -0.339 e. The number of hydrogen-bond donors (Lipinski definition) is 1. The maximum atomic E-state index is 12.8. The number of para-hydroxylation sites is 3. The first kappa shape index (κ1) is 18.5. The van der Waals surface area contributed by atoms with E-state index in [4.69, 9.17) is 0 Å². The molecule has 0 atom stereocenters. The molecule has 30 heavy (non-hydrogen) atoms. The van der Waals surface area contributed by atoms with Gasteiger partial charge in [0.2, 0.25) is 5.91 Å². The van der Waals surface area contributed by atoms with Gasteiger partial charge >= 0.3 is 0 Å². The summed E-state index contributed by atoms with van der Waals surface area (Å²) in [6, 6.07) is 22.1. The lowest BCUT2D eigenvalue weighted by Crippen LogP contribution is -2.19. The molecule has 6 heteroatoms. The highest BCUT2D eigenvalue weighted by molar-refractivity contribution is 7.13. The normalized spacial score (nSPS) is 12.6. The molecular weight excluding hydrogens is 392 g/mol. The van der Waals surface area contributed by atoms with Crippen molar-refractivity contribution in [2.24, 2.45) is 0 Å². The summed E-state index contributed by atoms with van der Waals surface area (Å²) in [5, 5.41) is 5.83. The van der Waals surface area contributed by atoms with Crippen molar-refractivity contribution >= 4 is 34.3 Å². The van der Waals surface area contributed by atoms with E-state index in [1.165, 1.54) is 22.6 Å². The van der Waals surface area contributed by atoms with Crippen molar-refractivity contribution in [3.05, 3.63) is 89.6 Å². The van der Waals surface area contributed by atoms with Crippen molar-refractivity contribution in [3.8, 4) is 10.7 Å². The van der Waals surface area contributed by atoms with Gasteiger partial charge in [-0.15, -0.1) is 11.3 Å². The number of nitrogens with zero attached hydrogens (tertiary/aromatic N) is 3. The quantitative estimate of drug-likeness (QED) is 0.497. The highest BCUT2D eigenvalue weighted by Crippen LogP contribution is 2.38. The number of anilines is 3. The molecule has 0 saturated carbocycles. The van der Waals surface area contributed by atoms with E-state index in [0.717, 1.165) is 40.7 Å². The van der Waals surface area contributed by atoms with Crippen LogP contribution in [0.25, 0.3) is 10.7 Å². The molecule has 0 saturated heterocycles.